The monoisotopic (exact) mass is 218 g/mol. The number of nitrogens with one attached hydrogen (secondary N) is 1. The molecule has 1 amide bonds. The predicted octanol–water partition coefficient (Wildman–Crippen LogP) is 1.88. The lowest BCUT2D eigenvalue weighted by Crippen LogP contribution is -2.17. The highest BCUT2D eigenvalue weighted by Gasteiger charge is 2.05. The summed E-state index contributed by atoms with van der Waals surface area (Å²) in [4.78, 5) is 16.4. The molecule has 4 heteroatoms. The highest BCUT2D eigenvalue weighted by Crippen LogP contribution is 2.20. The molecule has 0 saturated heterocycles. The van der Waals surface area contributed by atoms with Crippen LogP contribution in [-0.4, -0.2) is 17.9 Å². The Balaban J connectivity index is 2.62. The average Bonchev–Trinajstić information content (AvgIpc) is 2.28. The number of hydrogen-bond donors (Lipinski definition) is 2. The van der Waals surface area contributed by atoms with E-state index in [-0.39, 0.29) is 5.91 Å². The summed E-state index contributed by atoms with van der Waals surface area (Å²) in [5, 5.41) is 3.48. The molecule has 0 fully saturated rings. The van der Waals surface area contributed by atoms with Crippen molar-refractivity contribution in [2.45, 2.75) is 4.90 Å². The van der Waals surface area contributed by atoms with E-state index in [4.69, 9.17) is 0 Å². The van der Waals surface area contributed by atoms with Crippen molar-refractivity contribution in [2.24, 2.45) is 0 Å². The van der Waals surface area contributed by atoms with Crippen LogP contribution in [0.4, 0.5) is 0 Å². The summed E-state index contributed by atoms with van der Waals surface area (Å²) < 4.78 is 0. The minimum Gasteiger partial charge on any atom is -0.355 e. The molecule has 0 atom stereocenters. The lowest BCUT2D eigenvalue weighted by Gasteiger charge is -2.03. The molecule has 3 nitrogen and oxygen atoms in total. The summed E-state index contributed by atoms with van der Waals surface area (Å²) in [6, 6.07) is 7.48. The lowest BCUT2D eigenvalue weighted by molar-refractivity contribution is 0.0963. The number of hydrogen-bond acceptors (Lipinski definition) is 3. The molecule has 1 aromatic heterocycles. The maximum atomic E-state index is 11.4. The van der Waals surface area contributed by atoms with Crippen molar-refractivity contribution >= 4 is 29.4 Å². The Morgan fingerprint density at radius 3 is 3.00 bits per heavy atom. The number of para-hydroxylation sites is 1. The zero-order chi connectivity index (χ0) is 10.8. The number of benzene rings is 1. The van der Waals surface area contributed by atoms with Crippen molar-refractivity contribution in [3.8, 4) is 0 Å². The van der Waals surface area contributed by atoms with Crippen LogP contribution in [0, 0.1) is 0 Å². The van der Waals surface area contributed by atoms with E-state index in [0.717, 1.165) is 15.8 Å². The fourth-order valence-corrected chi connectivity index (χ4v) is 1.69. The summed E-state index contributed by atoms with van der Waals surface area (Å²) in [5.74, 6) is -0.131. The number of pyridine rings is 1. The quantitative estimate of drug-likeness (QED) is 0.718. The van der Waals surface area contributed by atoms with Crippen molar-refractivity contribution in [3.63, 3.8) is 0 Å². The number of rotatable bonds is 1. The van der Waals surface area contributed by atoms with Gasteiger partial charge in [-0.3, -0.25) is 9.78 Å². The normalized spacial score (nSPS) is 10.3. The Morgan fingerprint density at radius 1 is 1.47 bits per heavy atom. The second-order valence-electron chi connectivity index (χ2n) is 3.15. The SMILES string of the molecule is CNC(=O)c1cnc2c(S)cccc2c1. The van der Waals surface area contributed by atoms with Crippen LogP contribution in [0.2, 0.25) is 0 Å². The molecule has 1 N–H and O–H groups in total. The van der Waals surface area contributed by atoms with Gasteiger partial charge in [-0.25, -0.2) is 0 Å². The third-order valence-electron chi connectivity index (χ3n) is 2.18. The van der Waals surface area contributed by atoms with Crippen molar-refractivity contribution in [1.82, 2.24) is 10.3 Å². The molecule has 76 valence electrons. The predicted molar refractivity (Wildman–Crippen MR) is 62.4 cm³/mol. The number of fused-ring (bicyclic) bond motifs is 1. The molecule has 0 bridgehead atoms. The van der Waals surface area contributed by atoms with Crippen molar-refractivity contribution < 1.29 is 4.79 Å². The van der Waals surface area contributed by atoms with E-state index < -0.39 is 0 Å². The van der Waals surface area contributed by atoms with E-state index in [1.807, 2.05) is 18.2 Å². The number of amides is 1. The summed E-state index contributed by atoms with van der Waals surface area (Å²) in [7, 11) is 1.60. The first-order valence-electron chi connectivity index (χ1n) is 4.52. The van der Waals surface area contributed by atoms with Gasteiger partial charge in [-0.1, -0.05) is 12.1 Å². The van der Waals surface area contributed by atoms with Crippen LogP contribution >= 0.6 is 12.6 Å². The summed E-state index contributed by atoms with van der Waals surface area (Å²) in [5.41, 5.74) is 1.37. The molecule has 0 aliphatic rings. The zero-order valence-corrected chi connectivity index (χ0v) is 9.08. The molecule has 0 spiro atoms. The topological polar surface area (TPSA) is 42.0 Å². The fraction of sp³-hybridized carbons (Fsp3) is 0.0909. The molecule has 2 aromatic rings. The van der Waals surface area contributed by atoms with E-state index in [0.29, 0.717) is 5.56 Å². The van der Waals surface area contributed by atoms with Gasteiger partial charge in [-0.15, -0.1) is 12.6 Å². The zero-order valence-electron chi connectivity index (χ0n) is 8.19. The largest absolute Gasteiger partial charge is 0.355 e. The summed E-state index contributed by atoms with van der Waals surface area (Å²) in [6.07, 6.45) is 1.56. The minimum absolute atomic E-state index is 0.131. The van der Waals surface area contributed by atoms with Gasteiger partial charge in [0.15, 0.2) is 0 Å². The standard InChI is InChI=1S/C11H10N2OS/c1-12-11(14)8-5-7-3-2-4-9(15)10(7)13-6-8/h2-6,15H,1H3,(H,12,14). The van der Waals surface area contributed by atoms with Crippen molar-refractivity contribution in [3.05, 3.63) is 36.0 Å². The van der Waals surface area contributed by atoms with Gasteiger partial charge in [0.2, 0.25) is 0 Å². The first kappa shape index (κ1) is 9.98. The highest BCUT2D eigenvalue weighted by molar-refractivity contribution is 7.80. The summed E-state index contributed by atoms with van der Waals surface area (Å²) >= 11 is 4.30. The number of carbonyl (C=O) groups excluding carboxylic acids is 1. The molecular weight excluding hydrogens is 208 g/mol. The third-order valence-corrected chi connectivity index (χ3v) is 2.54. The Hall–Kier alpha value is -1.55. The molecule has 0 unspecified atom stereocenters. The van der Waals surface area contributed by atoms with Gasteiger partial charge in [-0.2, -0.15) is 0 Å². The molecule has 0 saturated carbocycles. The smallest absolute Gasteiger partial charge is 0.252 e. The molecule has 0 aliphatic carbocycles. The molecular formula is C11H10N2OS. The molecule has 1 aromatic carbocycles. The van der Waals surface area contributed by atoms with Crippen LogP contribution < -0.4 is 5.32 Å². The Bertz CT molecular complexity index is 525. The van der Waals surface area contributed by atoms with E-state index in [2.05, 4.69) is 22.9 Å². The summed E-state index contributed by atoms with van der Waals surface area (Å²) in [6.45, 7) is 0. The third kappa shape index (κ3) is 1.80. The molecule has 1 heterocycles. The maximum Gasteiger partial charge on any atom is 0.252 e. The second kappa shape index (κ2) is 3.90. The molecule has 0 radical (unpaired) electrons. The van der Waals surface area contributed by atoms with Gasteiger partial charge in [0.05, 0.1) is 11.1 Å². The Kier molecular flexibility index (Phi) is 2.60. The maximum absolute atomic E-state index is 11.4. The first-order chi connectivity index (χ1) is 7.22. The van der Waals surface area contributed by atoms with Gasteiger partial charge in [0.1, 0.15) is 0 Å². The van der Waals surface area contributed by atoms with Crippen LogP contribution in [0.1, 0.15) is 10.4 Å². The number of aromatic nitrogens is 1. The van der Waals surface area contributed by atoms with Crippen LogP contribution in [0.25, 0.3) is 10.9 Å². The van der Waals surface area contributed by atoms with Crippen molar-refractivity contribution in [1.29, 1.82) is 0 Å². The van der Waals surface area contributed by atoms with E-state index >= 15 is 0 Å². The molecule has 2 rings (SSSR count). The first-order valence-corrected chi connectivity index (χ1v) is 4.97. The van der Waals surface area contributed by atoms with Crippen LogP contribution in [0.5, 0.6) is 0 Å². The number of nitrogens with zero attached hydrogens (tertiary/aromatic N) is 1. The Morgan fingerprint density at radius 2 is 2.27 bits per heavy atom. The minimum atomic E-state index is -0.131. The van der Waals surface area contributed by atoms with Crippen LogP contribution in [0.15, 0.2) is 35.4 Å². The van der Waals surface area contributed by atoms with Crippen molar-refractivity contribution in [2.75, 3.05) is 7.05 Å². The van der Waals surface area contributed by atoms with Gasteiger partial charge >= 0.3 is 0 Å². The van der Waals surface area contributed by atoms with Gasteiger partial charge < -0.3 is 5.32 Å². The lowest BCUT2D eigenvalue weighted by atomic mass is 10.1. The molecule has 15 heavy (non-hydrogen) atoms. The number of carbonyl (C=O) groups is 1. The van der Waals surface area contributed by atoms with Gasteiger partial charge in [0, 0.05) is 23.5 Å². The van der Waals surface area contributed by atoms with Gasteiger partial charge in [0.25, 0.3) is 5.91 Å². The second-order valence-corrected chi connectivity index (χ2v) is 3.63. The highest BCUT2D eigenvalue weighted by atomic mass is 32.1. The van der Waals surface area contributed by atoms with Gasteiger partial charge in [-0.05, 0) is 12.1 Å². The molecule has 0 aliphatic heterocycles. The number of thiol groups is 1. The fourth-order valence-electron chi connectivity index (χ4n) is 1.41. The Labute approximate surface area is 92.9 Å². The van der Waals surface area contributed by atoms with E-state index in [1.54, 1.807) is 19.3 Å². The van der Waals surface area contributed by atoms with E-state index in [9.17, 15) is 4.79 Å². The van der Waals surface area contributed by atoms with E-state index in [1.165, 1.54) is 0 Å². The van der Waals surface area contributed by atoms with Crippen LogP contribution in [0.3, 0.4) is 0 Å². The average molecular weight is 218 g/mol. The van der Waals surface area contributed by atoms with Crippen LogP contribution in [-0.2, 0) is 0 Å².